The fraction of sp³-hybridized carbons (Fsp3) is 0.833. The van der Waals surface area contributed by atoms with E-state index in [1.165, 1.54) is 0 Å². The average molecular weight is 210 g/mol. The lowest BCUT2D eigenvalue weighted by atomic mass is 9.60. The SMILES string of the molecule is CCC1(CC)CCC2(CC1)C(=O)OC2=O. The first kappa shape index (κ1) is 10.7. The molecule has 3 heteroatoms. The molecule has 0 atom stereocenters. The molecule has 1 saturated heterocycles. The van der Waals surface area contributed by atoms with E-state index in [2.05, 4.69) is 18.6 Å². The number of hydrogen-bond donors (Lipinski definition) is 0. The maximum Gasteiger partial charge on any atom is 0.331 e. The Hall–Kier alpha value is -0.860. The van der Waals surface area contributed by atoms with E-state index in [1.54, 1.807) is 0 Å². The number of ether oxygens (including phenoxy) is 1. The van der Waals surface area contributed by atoms with Gasteiger partial charge in [-0.1, -0.05) is 26.7 Å². The predicted octanol–water partition coefficient (Wildman–Crippen LogP) is 2.44. The normalized spacial score (nSPS) is 27.3. The Kier molecular flexibility index (Phi) is 2.36. The zero-order chi connectivity index (χ0) is 11.1. The summed E-state index contributed by atoms with van der Waals surface area (Å²) in [6, 6.07) is 0. The van der Waals surface area contributed by atoms with Crippen molar-refractivity contribution in [2.24, 2.45) is 10.8 Å². The highest BCUT2D eigenvalue weighted by Gasteiger charge is 2.60. The molecule has 84 valence electrons. The molecule has 1 spiro atoms. The molecule has 0 aromatic carbocycles. The Morgan fingerprint density at radius 2 is 1.47 bits per heavy atom. The third-order valence-electron chi connectivity index (χ3n) is 4.63. The van der Waals surface area contributed by atoms with Crippen molar-refractivity contribution in [2.45, 2.75) is 52.4 Å². The molecule has 0 bridgehead atoms. The van der Waals surface area contributed by atoms with Crippen molar-refractivity contribution in [3.63, 3.8) is 0 Å². The smallest absolute Gasteiger partial charge is 0.331 e. The van der Waals surface area contributed by atoms with Crippen LogP contribution in [-0.4, -0.2) is 11.9 Å². The fourth-order valence-electron chi connectivity index (χ4n) is 2.89. The molecule has 2 fully saturated rings. The van der Waals surface area contributed by atoms with E-state index in [1.807, 2.05) is 0 Å². The van der Waals surface area contributed by atoms with Gasteiger partial charge in [0.2, 0.25) is 0 Å². The van der Waals surface area contributed by atoms with Crippen LogP contribution in [0.3, 0.4) is 0 Å². The zero-order valence-electron chi connectivity index (χ0n) is 9.47. The molecule has 1 heterocycles. The summed E-state index contributed by atoms with van der Waals surface area (Å²) in [5.74, 6) is -0.568. The van der Waals surface area contributed by atoms with Gasteiger partial charge in [0.15, 0.2) is 5.41 Å². The Balaban J connectivity index is 2.09. The van der Waals surface area contributed by atoms with Crippen LogP contribution in [0.1, 0.15) is 52.4 Å². The summed E-state index contributed by atoms with van der Waals surface area (Å²) < 4.78 is 4.49. The van der Waals surface area contributed by atoms with Gasteiger partial charge in [0.1, 0.15) is 0 Å². The summed E-state index contributed by atoms with van der Waals surface area (Å²) >= 11 is 0. The van der Waals surface area contributed by atoms with Crippen molar-refractivity contribution in [1.82, 2.24) is 0 Å². The van der Waals surface area contributed by atoms with Gasteiger partial charge in [0.05, 0.1) is 0 Å². The Morgan fingerprint density at radius 3 is 1.80 bits per heavy atom. The van der Waals surface area contributed by atoms with E-state index in [4.69, 9.17) is 0 Å². The van der Waals surface area contributed by atoms with Crippen molar-refractivity contribution >= 4 is 11.9 Å². The van der Waals surface area contributed by atoms with E-state index < -0.39 is 5.41 Å². The molecule has 15 heavy (non-hydrogen) atoms. The van der Waals surface area contributed by atoms with Gasteiger partial charge in [-0.05, 0) is 31.1 Å². The van der Waals surface area contributed by atoms with Crippen LogP contribution in [0.25, 0.3) is 0 Å². The molecule has 3 nitrogen and oxygen atoms in total. The lowest BCUT2D eigenvalue weighted by Crippen LogP contribution is -2.56. The Morgan fingerprint density at radius 1 is 1.00 bits per heavy atom. The van der Waals surface area contributed by atoms with Crippen LogP contribution in [-0.2, 0) is 14.3 Å². The summed E-state index contributed by atoms with van der Waals surface area (Å²) in [4.78, 5) is 22.7. The molecule has 0 aromatic heterocycles. The maximum absolute atomic E-state index is 11.4. The van der Waals surface area contributed by atoms with E-state index in [-0.39, 0.29) is 11.9 Å². The molecule has 0 amide bonds. The summed E-state index contributed by atoms with van der Waals surface area (Å²) in [5.41, 5.74) is -0.366. The van der Waals surface area contributed by atoms with Crippen LogP contribution in [0.5, 0.6) is 0 Å². The first-order valence-corrected chi connectivity index (χ1v) is 5.85. The van der Waals surface area contributed by atoms with Crippen molar-refractivity contribution in [3.8, 4) is 0 Å². The summed E-state index contributed by atoms with van der Waals surface area (Å²) in [6.07, 6.45) is 5.66. The van der Waals surface area contributed by atoms with E-state index in [9.17, 15) is 9.59 Å². The highest BCUT2D eigenvalue weighted by molar-refractivity contribution is 6.13. The van der Waals surface area contributed by atoms with Crippen LogP contribution in [0.2, 0.25) is 0 Å². The third kappa shape index (κ3) is 1.32. The van der Waals surface area contributed by atoms with Crippen LogP contribution in [0, 0.1) is 10.8 Å². The van der Waals surface area contributed by atoms with Crippen molar-refractivity contribution < 1.29 is 14.3 Å². The highest BCUT2D eigenvalue weighted by Crippen LogP contribution is 2.53. The first-order chi connectivity index (χ1) is 7.08. The lowest BCUT2D eigenvalue weighted by molar-refractivity contribution is -0.202. The minimum absolute atomic E-state index is 0.284. The lowest BCUT2D eigenvalue weighted by Gasteiger charge is -2.46. The average Bonchev–Trinajstić information content (AvgIpc) is 2.29. The van der Waals surface area contributed by atoms with Crippen molar-refractivity contribution in [3.05, 3.63) is 0 Å². The fourth-order valence-corrected chi connectivity index (χ4v) is 2.89. The van der Waals surface area contributed by atoms with Crippen LogP contribution in [0.4, 0.5) is 0 Å². The molecular weight excluding hydrogens is 192 g/mol. The molecule has 0 radical (unpaired) electrons. The third-order valence-corrected chi connectivity index (χ3v) is 4.63. The molecule has 0 aromatic rings. The van der Waals surface area contributed by atoms with Gasteiger partial charge < -0.3 is 4.74 Å². The van der Waals surface area contributed by atoms with Gasteiger partial charge in [-0.2, -0.15) is 0 Å². The van der Waals surface area contributed by atoms with Gasteiger partial charge in [0.25, 0.3) is 0 Å². The molecule has 1 aliphatic heterocycles. The van der Waals surface area contributed by atoms with Gasteiger partial charge in [0, 0.05) is 0 Å². The highest BCUT2D eigenvalue weighted by atomic mass is 16.6. The van der Waals surface area contributed by atoms with Crippen LogP contribution < -0.4 is 0 Å². The first-order valence-electron chi connectivity index (χ1n) is 5.85. The van der Waals surface area contributed by atoms with Gasteiger partial charge in [-0.3, -0.25) is 9.59 Å². The number of carbonyl (C=O) groups is 2. The molecule has 1 saturated carbocycles. The standard InChI is InChI=1S/C12H18O3/c1-3-11(4-2)5-7-12(8-6-11)9(13)15-10(12)14/h3-8H2,1-2H3. The van der Waals surface area contributed by atoms with Crippen LogP contribution in [0.15, 0.2) is 0 Å². The molecule has 0 unspecified atom stereocenters. The van der Waals surface area contributed by atoms with E-state index in [0.29, 0.717) is 18.3 Å². The topological polar surface area (TPSA) is 43.4 Å². The second kappa shape index (κ2) is 3.32. The molecule has 1 aliphatic carbocycles. The second-order valence-corrected chi connectivity index (χ2v) is 4.97. The predicted molar refractivity (Wildman–Crippen MR) is 55.0 cm³/mol. The zero-order valence-corrected chi connectivity index (χ0v) is 9.47. The monoisotopic (exact) mass is 210 g/mol. The van der Waals surface area contributed by atoms with Crippen LogP contribution >= 0.6 is 0 Å². The van der Waals surface area contributed by atoms with Gasteiger partial charge >= 0.3 is 11.9 Å². The van der Waals surface area contributed by atoms with E-state index in [0.717, 1.165) is 25.7 Å². The minimum atomic E-state index is -0.728. The molecule has 2 rings (SSSR count). The summed E-state index contributed by atoms with van der Waals surface area (Å²) in [5, 5.41) is 0. The number of esters is 2. The molecular formula is C12H18O3. The Bertz CT molecular complexity index is 276. The van der Waals surface area contributed by atoms with E-state index >= 15 is 0 Å². The molecule has 2 aliphatic rings. The Labute approximate surface area is 90.2 Å². The molecule has 0 N–H and O–H groups in total. The second-order valence-electron chi connectivity index (χ2n) is 4.97. The summed E-state index contributed by atoms with van der Waals surface area (Å²) in [7, 11) is 0. The minimum Gasteiger partial charge on any atom is -0.391 e. The number of rotatable bonds is 2. The largest absolute Gasteiger partial charge is 0.391 e. The van der Waals surface area contributed by atoms with Crippen molar-refractivity contribution in [1.29, 1.82) is 0 Å². The van der Waals surface area contributed by atoms with Crippen molar-refractivity contribution in [2.75, 3.05) is 0 Å². The number of hydrogen-bond acceptors (Lipinski definition) is 3. The van der Waals surface area contributed by atoms with Gasteiger partial charge in [-0.25, -0.2) is 0 Å². The van der Waals surface area contributed by atoms with Gasteiger partial charge in [-0.15, -0.1) is 0 Å². The number of cyclic esters (lactones) is 2. The quantitative estimate of drug-likeness (QED) is 0.519. The summed E-state index contributed by atoms with van der Waals surface area (Å²) in [6.45, 7) is 4.39. The maximum atomic E-state index is 11.4. The number of carbonyl (C=O) groups excluding carboxylic acids is 2.